The van der Waals surface area contributed by atoms with Gasteiger partial charge in [0.1, 0.15) is 0 Å². The van der Waals surface area contributed by atoms with Gasteiger partial charge in [-0.2, -0.15) is 0 Å². The van der Waals surface area contributed by atoms with Crippen molar-refractivity contribution in [1.29, 1.82) is 0 Å². The molecule has 1 unspecified atom stereocenters. The van der Waals surface area contributed by atoms with Gasteiger partial charge in [0.05, 0.1) is 6.61 Å². The van der Waals surface area contributed by atoms with E-state index in [1.54, 1.807) is 0 Å². The lowest BCUT2D eigenvalue weighted by atomic mass is 9.79. The third kappa shape index (κ3) is 5.26. The summed E-state index contributed by atoms with van der Waals surface area (Å²) in [7, 11) is 0. The highest BCUT2D eigenvalue weighted by atomic mass is 16.5. The van der Waals surface area contributed by atoms with Gasteiger partial charge in [-0.05, 0) is 43.1 Å². The first-order valence-electron chi connectivity index (χ1n) is 7.94. The second kappa shape index (κ2) is 7.24. The third-order valence-electron chi connectivity index (χ3n) is 4.16. The maximum Gasteiger partial charge on any atom is 0.0591 e. The number of hydrogen-bond acceptors (Lipinski definition) is 2. The highest BCUT2D eigenvalue weighted by Gasteiger charge is 2.23. The molecule has 1 saturated carbocycles. The number of benzene rings is 1. The van der Waals surface area contributed by atoms with Crippen LogP contribution in [0.1, 0.15) is 45.6 Å². The molecule has 0 heterocycles. The van der Waals surface area contributed by atoms with Gasteiger partial charge in [0, 0.05) is 19.2 Å². The van der Waals surface area contributed by atoms with Crippen molar-refractivity contribution in [3.8, 4) is 0 Å². The van der Waals surface area contributed by atoms with Gasteiger partial charge in [-0.15, -0.1) is 0 Å². The van der Waals surface area contributed by atoms with E-state index < -0.39 is 0 Å². The molecule has 2 rings (SSSR count). The molecule has 1 atom stereocenters. The van der Waals surface area contributed by atoms with Crippen LogP contribution >= 0.6 is 0 Å². The molecule has 2 heteroatoms. The van der Waals surface area contributed by atoms with Crippen LogP contribution in [0.2, 0.25) is 0 Å². The predicted octanol–water partition coefficient (Wildman–Crippen LogP) is 3.76. The Morgan fingerprint density at radius 1 is 1.25 bits per heavy atom. The van der Waals surface area contributed by atoms with E-state index in [-0.39, 0.29) is 5.41 Å². The maximum atomic E-state index is 5.66. The number of ether oxygens (including phenoxy) is 1. The Morgan fingerprint density at radius 2 is 1.95 bits per heavy atom. The minimum absolute atomic E-state index is 0.211. The summed E-state index contributed by atoms with van der Waals surface area (Å²) in [5.74, 6) is 0.865. The van der Waals surface area contributed by atoms with Crippen LogP contribution in [-0.4, -0.2) is 25.8 Å². The molecule has 0 radical (unpaired) electrons. The molecule has 1 fully saturated rings. The van der Waals surface area contributed by atoms with Gasteiger partial charge in [0.15, 0.2) is 0 Å². The first-order chi connectivity index (χ1) is 9.58. The fraction of sp³-hybridized carbons (Fsp3) is 0.667. The normalized spacial score (nSPS) is 17.1. The molecule has 0 saturated heterocycles. The zero-order valence-corrected chi connectivity index (χ0v) is 13.2. The summed E-state index contributed by atoms with van der Waals surface area (Å²) >= 11 is 0. The van der Waals surface area contributed by atoms with Crippen molar-refractivity contribution in [3.63, 3.8) is 0 Å². The Hall–Kier alpha value is -0.860. The maximum absolute atomic E-state index is 5.66. The van der Waals surface area contributed by atoms with E-state index in [1.165, 1.54) is 18.4 Å². The van der Waals surface area contributed by atoms with Crippen molar-refractivity contribution < 1.29 is 4.74 Å². The molecule has 0 aliphatic heterocycles. The summed E-state index contributed by atoms with van der Waals surface area (Å²) in [6.07, 6.45) is 3.88. The summed E-state index contributed by atoms with van der Waals surface area (Å²) in [5, 5.41) is 3.58. The van der Waals surface area contributed by atoms with E-state index in [9.17, 15) is 0 Å². The molecule has 0 bridgehead atoms. The van der Waals surface area contributed by atoms with E-state index in [0.29, 0.717) is 6.04 Å². The third-order valence-corrected chi connectivity index (χ3v) is 4.16. The minimum atomic E-state index is 0.211. The number of hydrogen-bond donors (Lipinski definition) is 1. The van der Waals surface area contributed by atoms with E-state index >= 15 is 0 Å². The smallest absolute Gasteiger partial charge is 0.0591 e. The minimum Gasteiger partial charge on any atom is -0.380 e. The van der Waals surface area contributed by atoms with Crippen molar-refractivity contribution >= 4 is 0 Å². The Kier molecular flexibility index (Phi) is 5.62. The Morgan fingerprint density at radius 3 is 2.60 bits per heavy atom. The predicted molar refractivity (Wildman–Crippen MR) is 85.1 cm³/mol. The van der Waals surface area contributed by atoms with Crippen LogP contribution in [0.15, 0.2) is 30.3 Å². The summed E-state index contributed by atoms with van der Waals surface area (Å²) in [6, 6.07) is 11.3. The van der Waals surface area contributed by atoms with Crippen LogP contribution in [0, 0.1) is 5.92 Å². The molecule has 0 spiro atoms. The van der Waals surface area contributed by atoms with Crippen molar-refractivity contribution in [2.24, 2.45) is 5.92 Å². The Labute approximate surface area is 123 Å². The largest absolute Gasteiger partial charge is 0.380 e. The van der Waals surface area contributed by atoms with E-state index in [2.05, 4.69) is 56.4 Å². The van der Waals surface area contributed by atoms with Crippen LogP contribution in [0.5, 0.6) is 0 Å². The highest BCUT2D eigenvalue weighted by molar-refractivity contribution is 5.23. The molecular formula is C18H29NO. The van der Waals surface area contributed by atoms with Gasteiger partial charge in [-0.1, -0.05) is 44.2 Å². The standard InChI is InChI=1S/C18H29NO/c1-15(19-11-12-20-14-16-9-10-16)13-18(2,3)17-7-5-4-6-8-17/h4-8,15-16,19H,9-14H2,1-3H3. The highest BCUT2D eigenvalue weighted by Crippen LogP contribution is 2.29. The molecule has 0 aromatic heterocycles. The topological polar surface area (TPSA) is 21.3 Å². The molecule has 1 aliphatic rings. The average molecular weight is 275 g/mol. The molecule has 0 amide bonds. The monoisotopic (exact) mass is 275 g/mol. The second-order valence-electron chi connectivity index (χ2n) is 6.83. The Balaban J connectivity index is 1.65. The van der Waals surface area contributed by atoms with Crippen LogP contribution in [0.25, 0.3) is 0 Å². The van der Waals surface area contributed by atoms with Crippen LogP contribution in [0.3, 0.4) is 0 Å². The lowest BCUT2D eigenvalue weighted by Gasteiger charge is -2.29. The first-order valence-corrected chi connectivity index (χ1v) is 7.94. The molecule has 20 heavy (non-hydrogen) atoms. The summed E-state index contributed by atoms with van der Waals surface area (Å²) < 4.78 is 5.66. The van der Waals surface area contributed by atoms with Crippen molar-refractivity contribution in [2.75, 3.05) is 19.8 Å². The number of nitrogens with one attached hydrogen (secondary N) is 1. The lowest BCUT2D eigenvalue weighted by Crippen LogP contribution is -2.35. The van der Waals surface area contributed by atoms with Crippen molar-refractivity contribution in [3.05, 3.63) is 35.9 Å². The van der Waals surface area contributed by atoms with Gasteiger partial charge in [0.25, 0.3) is 0 Å². The quantitative estimate of drug-likeness (QED) is 0.693. The second-order valence-corrected chi connectivity index (χ2v) is 6.83. The van der Waals surface area contributed by atoms with E-state index in [1.807, 2.05) is 0 Å². The molecule has 112 valence electrons. The molecule has 1 N–H and O–H groups in total. The molecular weight excluding hydrogens is 246 g/mol. The Bertz CT molecular complexity index is 384. The van der Waals surface area contributed by atoms with Gasteiger partial charge in [-0.25, -0.2) is 0 Å². The fourth-order valence-corrected chi connectivity index (χ4v) is 2.76. The zero-order chi connectivity index (χ0) is 14.4. The zero-order valence-electron chi connectivity index (χ0n) is 13.2. The van der Waals surface area contributed by atoms with E-state index in [4.69, 9.17) is 4.74 Å². The molecule has 1 aliphatic carbocycles. The van der Waals surface area contributed by atoms with Crippen LogP contribution in [-0.2, 0) is 10.2 Å². The molecule has 1 aromatic carbocycles. The van der Waals surface area contributed by atoms with Crippen LogP contribution < -0.4 is 5.32 Å². The fourth-order valence-electron chi connectivity index (χ4n) is 2.76. The summed E-state index contributed by atoms with van der Waals surface area (Å²) in [5.41, 5.74) is 1.63. The summed E-state index contributed by atoms with van der Waals surface area (Å²) in [4.78, 5) is 0. The van der Waals surface area contributed by atoms with Crippen molar-refractivity contribution in [2.45, 2.75) is 51.5 Å². The van der Waals surface area contributed by atoms with Gasteiger partial charge in [0.2, 0.25) is 0 Å². The average Bonchev–Trinajstić information content (AvgIpc) is 3.23. The molecule has 1 aromatic rings. The van der Waals surface area contributed by atoms with Crippen molar-refractivity contribution in [1.82, 2.24) is 5.32 Å². The van der Waals surface area contributed by atoms with Gasteiger partial charge >= 0.3 is 0 Å². The summed E-state index contributed by atoms with van der Waals surface area (Å²) in [6.45, 7) is 9.68. The first kappa shape index (κ1) is 15.5. The lowest BCUT2D eigenvalue weighted by molar-refractivity contribution is 0.123. The van der Waals surface area contributed by atoms with Crippen LogP contribution in [0.4, 0.5) is 0 Å². The SMILES string of the molecule is CC(CC(C)(C)c1ccccc1)NCCOCC1CC1. The number of rotatable bonds is 9. The van der Waals surface area contributed by atoms with E-state index in [0.717, 1.165) is 32.1 Å². The molecule has 2 nitrogen and oxygen atoms in total. The van der Waals surface area contributed by atoms with Gasteiger partial charge in [-0.3, -0.25) is 0 Å². The van der Waals surface area contributed by atoms with Gasteiger partial charge < -0.3 is 10.1 Å².